The predicted molar refractivity (Wildman–Crippen MR) is 124 cm³/mol. The second kappa shape index (κ2) is 10.0. The third kappa shape index (κ3) is 5.15. The summed E-state index contributed by atoms with van der Waals surface area (Å²) in [6.45, 7) is 5.98. The lowest BCUT2D eigenvalue weighted by atomic mass is 9.96. The molecule has 0 saturated carbocycles. The number of hydrogen-bond acceptors (Lipinski definition) is 4. The van der Waals surface area contributed by atoms with Crippen LogP contribution in [0.15, 0.2) is 60.0 Å². The van der Waals surface area contributed by atoms with Crippen LogP contribution in [0.5, 0.6) is 0 Å². The van der Waals surface area contributed by atoms with Crippen molar-refractivity contribution in [3.05, 3.63) is 76.2 Å². The summed E-state index contributed by atoms with van der Waals surface area (Å²) in [6, 6.07) is 18.0. The number of nitrogens with zero attached hydrogens (tertiary/aromatic N) is 2. The number of piperidine rings is 1. The Labute approximate surface area is 183 Å². The molecule has 0 bridgehead atoms. The van der Waals surface area contributed by atoms with Gasteiger partial charge in [0.25, 0.3) is 5.91 Å². The van der Waals surface area contributed by atoms with Crippen LogP contribution in [0.3, 0.4) is 0 Å². The van der Waals surface area contributed by atoms with Crippen molar-refractivity contribution in [3.63, 3.8) is 0 Å². The fourth-order valence-electron chi connectivity index (χ4n) is 4.04. The smallest absolute Gasteiger partial charge is 0.251 e. The van der Waals surface area contributed by atoms with E-state index < -0.39 is 0 Å². The van der Waals surface area contributed by atoms with Gasteiger partial charge < -0.3 is 5.32 Å². The summed E-state index contributed by atoms with van der Waals surface area (Å²) in [4.78, 5) is 20.1. The molecule has 0 spiro atoms. The van der Waals surface area contributed by atoms with E-state index in [4.69, 9.17) is 0 Å². The summed E-state index contributed by atoms with van der Waals surface area (Å²) in [6.07, 6.45) is 3.25. The topological polar surface area (TPSA) is 45.2 Å². The first-order chi connectivity index (χ1) is 14.7. The van der Waals surface area contributed by atoms with Gasteiger partial charge in [-0.2, -0.15) is 0 Å². The quantitative estimate of drug-likeness (QED) is 0.585. The zero-order chi connectivity index (χ0) is 20.8. The van der Waals surface area contributed by atoms with Crippen molar-refractivity contribution in [2.45, 2.75) is 32.7 Å². The molecule has 1 fully saturated rings. The van der Waals surface area contributed by atoms with Gasteiger partial charge in [-0.3, -0.25) is 9.69 Å². The van der Waals surface area contributed by atoms with Crippen LogP contribution in [-0.2, 0) is 13.0 Å². The van der Waals surface area contributed by atoms with Gasteiger partial charge >= 0.3 is 0 Å². The molecule has 1 aliphatic rings. The van der Waals surface area contributed by atoms with Crippen LogP contribution in [0.1, 0.15) is 40.8 Å². The third-order valence-corrected chi connectivity index (χ3v) is 6.84. The summed E-state index contributed by atoms with van der Waals surface area (Å²) in [5.74, 6) is 0.558. The van der Waals surface area contributed by atoms with Gasteiger partial charge in [0.05, 0.1) is 10.7 Å². The predicted octanol–water partition coefficient (Wildman–Crippen LogP) is 5.01. The van der Waals surface area contributed by atoms with Crippen molar-refractivity contribution in [2.24, 2.45) is 5.92 Å². The van der Waals surface area contributed by atoms with Crippen LogP contribution in [0.2, 0.25) is 0 Å². The average molecular weight is 420 g/mol. The SMILES string of the molecule is CCc1nc(CN2CCC(CNC(=O)c3ccccc3-c3ccccc3)CC2)cs1. The van der Waals surface area contributed by atoms with Crippen molar-refractivity contribution >= 4 is 17.2 Å². The molecule has 30 heavy (non-hydrogen) atoms. The Morgan fingerprint density at radius 3 is 2.57 bits per heavy atom. The molecule has 156 valence electrons. The summed E-state index contributed by atoms with van der Waals surface area (Å²) < 4.78 is 0. The van der Waals surface area contributed by atoms with Gasteiger partial charge in [0.2, 0.25) is 0 Å². The highest BCUT2D eigenvalue weighted by Crippen LogP contribution is 2.24. The maximum absolute atomic E-state index is 12.9. The minimum atomic E-state index is 0.0199. The van der Waals surface area contributed by atoms with Crippen LogP contribution >= 0.6 is 11.3 Å². The Bertz CT molecular complexity index is 961. The first kappa shape index (κ1) is 20.8. The van der Waals surface area contributed by atoms with E-state index in [1.54, 1.807) is 11.3 Å². The molecule has 1 aliphatic heterocycles. The Kier molecular flexibility index (Phi) is 6.92. The molecular weight excluding hydrogens is 390 g/mol. The van der Waals surface area contributed by atoms with E-state index >= 15 is 0 Å². The monoisotopic (exact) mass is 419 g/mol. The highest BCUT2D eigenvalue weighted by molar-refractivity contribution is 7.09. The normalized spacial score (nSPS) is 15.2. The largest absolute Gasteiger partial charge is 0.352 e. The molecule has 2 aromatic carbocycles. The molecule has 4 nitrogen and oxygen atoms in total. The first-order valence-corrected chi connectivity index (χ1v) is 11.7. The zero-order valence-electron chi connectivity index (χ0n) is 17.5. The van der Waals surface area contributed by atoms with Crippen molar-refractivity contribution in [2.75, 3.05) is 19.6 Å². The minimum absolute atomic E-state index is 0.0199. The van der Waals surface area contributed by atoms with Gasteiger partial charge in [0, 0.05) is 24.0 Å². The molecule has 0 radical (unpaired) electrons. The number of aromatic nitrogens is 1. The van der Waals surface area contributed by atoms with Crippen molar-refractivity contribution < 1.29 is 4.79 Å². The van der Waals surface area contributed by atoms with Crippen LogP contribution in [0.25, 0.3) is 11.1 Å². The standard InChI is InChI=1S/C25H29N3OS/c1-2-24-27-21(18-30-24)17-28-14-12-19(13-15-28)16-26-25(29)23-11-7-6-10-22(23)20-8-4-3-5-9-20/h3-11,18-19H,2,12-17H2,1H3,(H,26,29). The van der Waals surface area contributed by atoms with Gasteiger partial charge in [-0.25, -0.2) is 4.98 Å². The highest BCUT2D eigenvalue weighted by Gasteiger charge is 2.21. The number of thiazole rings is 1. The summed E-state index contributed by atoms with van der Waals surface area (Å²) >= 11 is 1.76. The van der Waals surface area contributed by atoms with E-state index in [2.05, 4.69) is 27.5 Å². The molecule has 3 aromatic rings. The Hall–Kier alpha value is -2.50. The van der Waals surface area contributed by atoms with Crippen molar-refractivity contribution in [1.29, 1.82) is 0 Å². The molecule has 0 aliphatic carbocycles. The lowest BCUT2D eigenvalue weighted by molar-refractivity contribution is 0.0935. The number of amides is 1. The van der Waals surface area contributed by atoms with Gasteiger partial charge in [-0.1, -0.05) is 55.5 Å². The molecule has 1 aromatic heterocycles. The molecule has 1 amide bonds. The number of nitrogens with one attached hydrogen (secondary N) is 1. The number of carbonyl (C=O) groups excluding carboxylic acids is 1. The summed E-state index contributed by atoms with van der Waals surface area (Å²) in [7, 11) is 0. The van der Waals surface area contributed by atoms with Gasteiger partial charge in [-0.05, 0) is 55.5 Å². The Morgan fingerprint density at radius 1 is 1.10 bits per heavy atom. The van der Waals surface area contributed by atoms with Gasteiger partial charge in [-0.15, -0.1) is 11.3 Å². The first-order valence-electron chi connectivity index (χ1n) is 10.8. The van der Waals surface area contributed by atoms with Crippen molar-refractivity contribution in [1.82, 2.24) is 15.2 Å². The molecule has 1 saturated heterocycles. The Balaban J connectivity index is 1.28. The summed E-state index contributed by atoms with van der Waals surface area (Å²) in [5, 5.41) is 6.60. The molecule has 2 heterocycles. The maximum Gasteiger partial charge on any atom is 0.251 e. The third-order valence-electron chi connectivity index (χ3n) is 5.80. The number of carbonyl (C=O) groups is 1. The number of likely N-dealkylation sites (tertiary alicyclic amines) is 1. The van der Waals surface area contributed by atoms with E-state index in [9.17, 15) is 4.79 Å². The molecule has 4 rings (SSSR count). The van der Waals surface area contributed by atoms with Crippen LogP contribution in [0.4, 0.5) is 0 Å². The molecular formula is C25H29N3OS. The van der Waals surface area contributed by atoms with E-state index in [-0.39, 0.29) is 5.91 Å². The molecule has 1 N–H and O–H groups in total. The van der Waals surface area contributed by atoms with E-state index in [1.807, 2.05) is 54.6 Å². The van der Waals surface area contributed by atoms with E-state index in [1.165, 1.54) is 10.7 Å². The second-order valence-corrected chi connectivity index (χ2v) is 8.87. The molecule has 0 atom stereocenters. The number of aryl methyl sites for hydroxylation is 1. The maximum atomic E-state index is 12.9. The van der Waals surface area contributed by atoms with E-state index in [0.717, 1.165) is 62.1 Å². The number of rotatable bonds is 7. The highest BCUT2D eigenvalue weighted by atomic mass is 32.1. The van der Waals surface area contributed by atoms with E-state index in [0.29, 0.717) is 5.92 Å². The van der Waals surface area contributed by atoms with Crippen LogP contribution in [-0.4, -0.2) is 35.4 Å². The Morgan fingerprint density at radius 2 is 1.83 bits per heavy atom. The lowest BCUT2D eigenvalue weighted by Gasteiger charge is -2.31. The number of hydrogen-bond donors (Lipinski definition) is 1. The second-order valence-electron chi connectivity index (χ2n) is 7.93. The van der Waals surface area contributed by atoms with Crippen LogP contribution < -0.4 is 5.32 Å². The van der Waals surface area contributed by atoms with Gasteiger partial charge in [0.1, 0.15) is 0 Å². The molecule has 5 heteroatoms. The van der Waals surface area contributed by atoms with Crippen molar-refractivity contribution in [3.8, 4) is 11.1 Å². The molecule has 0 unspecified atom stereocenters. The number of benzene rings is 2. The lowest BCUT2D eigenvalue weighted by Crippen LogP contribution is -2.38. The zero-order valence-corrected chi connectivity index (χ0v) is 18.3. The minimum Gasteiger partial charge on any atom is -0.352 e. The van der Waals surface area contributed by atoms with Crippen LogP contribution in [0, 0.1) is 5.92 Å². The van der Waals surface area contributed by atoms with Gasteiger partial charge in [0.15, 0.2) is 0 Å². The fraction of sp³-hybridized carbons (Fsp3) is 0.360. The fourth-order valence-corrected chi connectivity index (χ4v) is 4.78. The summed E-state index contributed by atoms with van der Waals surface area (Å²) in [5.41, 5.74) is 4.00. The average Bonchev–Trinajstić information content (AvgIpc) is 3.26.